The van der Waals surface area contributed by atoms with Crippen molar-refractivity contribution in [3.63, 3.8) is 0 Å². The molecule has 116 valence electrons. The van der Waals surface area contributed by atoms with Crippen LogP contribution in [0.5, 0.6) is 0 Å². The van der Waals surface area contributed by atoms with Gasteiger partial charge in [-0.2, -0.15) is 0 Å². The summed E-state index contributed by atoms with van der Waals surface area (Å²) >= 11 is 0. The molecule has 2 fully saturated rings. The Morgan fingerprint density at radius 3 is 2.75 bits per heavy atom. The number of hydrogen-bond donors (Lipinski definition) is 2. The summed E-state index contributed by atoms with van der Waals surface area (Å²) in [5.41, 5.74) is -0.0271. The molecule has 0 spiro atoms. The maximum atomic E-state index is 12.0. The van der Waals surface area contributed by atoms with Crippen molar-refractivity contribution in [3.8, 4) is 0 Å². The number of hydrogen-bond acceptors (Lipinski definition) is 3. The lowest BCUT2D eigenvalue weighted by Crippen LogP contribution is -2.38. The van der Waals surface area contributed by atoms with E-state index in [1.807, 2.05) is 0 Å². The molecule has 2 aliphatic rings. The molecule has 1 atom stereocenters. The summed E-state index contributed by atoms with van der Waals surface area (Å²) in [7, 11) is 2.16. The number of nitrogens with one attached hydrogen (secondary N) is 1. The summed E-state index contributed by atoms with van der Waals surface area (Å²) in [6, 6.07) is 0. The highest BCUT2D eigenvalue weighted by Gasteiger charge is 2.33. The van der Waals surface area contributed by atoms with Gasteiger partial charge in [-0.15, -0.1) is 0 Å². The van der Waals surface area contributed by atoms with E-state index in [1.54, 1.807) is 0 Å². The third-order valence-corrected chi connectivity index (χ3v) is 5.16. The van der Waals surface area contributed by atoms with Crippen molar-refractivity contribution in [2.24, 2.45) is 11.3 Å². The van der Waals surface area contributed by atoms with Crippen molar-refractivity contribution >= 4 is 5.91 Å². The molecular formula is C16H30N2O2. The van der Waals surface area contributed by atoms with E-state index in [4.69, 9.17) is 0 Å². The highest BCUT2D eigenvalue weighted by molar-refractivity contribution is 5.75. The predicted octanol–water partition coefficient (Wildman–Crippen LogP) is 1.78. The minimum Gasteiger partial charge on any atom is -0.396 e. The lowest BCUT2D eigenvalue weighted by atomic mass is 9.87. The molecule has 1 aliphatic heterocycles. The van der Waals surface area contributed by atoms with Gasteiger partial charge in [0.1, 0.15) is 0 Å². The molecule has 0 aromatic rings. The van der Waals surface area contributed by atoms with Gasteiger partial charge in [-0.05, 0) is 51.6 Å². The molecule has 1 saturated heterocycles. The number of carbonyl (C=O) groups is 1. The zero-order valence-electron chi connectivity index (χ0n) is 12.9. The van der Waals surface area contributed by atoms with E-state index < -0.39 is 0 Å². The second kappa shape index (κ2) is 7.41. The lowest BCUT2D eigenvalue weighted by molar-refractivity contribution is -0.122. The molecule has 0 aromatic carbocycles. The smallest absolute Gasteiger partial charge is 0.220 e. The molecule has 20 heavy (non-hydrogen) atoms. The lowest BCUT2D eigenvalue weighted by Gasteiger charge is -2.30. The van der Waals surface area contributed by atoms with E-state index >= 15 is 0 Å². The first-order valence-corrected chi connectivity index (χ1v) is 8.20. The zero-order chi connectivity index (χ0) is 14.4. The van der Waals surface area contributed by atoms with Gasteiger partial charge in [-0.1, -0.05) is 12.8 Å². The van der Waals surface area contributed by atoms with Crippen LogP contribution in [0.25, 0.3) is 0 Å². The molecule has 0 bridgehead atoms. The topological polar surface area (TPSA) is 52.6 Å². The maximum Gasteiger partial charge on any atom is 0.220 e. The van der Waals surface area contributed by atoms with Crippen molar-refractivity contribution in [2.45, 2.75) is 51.4 Å². The minimum absolute atomic E-state index is 0.0271. The molecule has 2 rings (SSSR count). The predicted molar refractivity (Wildman–Crippen MR) is 80.5 cm³/mol. The molecular weight excluding hydrogens is 252 g/mol. The Kier molecular flexibility index (Phi) is 5.85. The normalized spacial score (nSPS) is 26.6. The summed E-state index contributed by atoms with van der Waals surface area (Å²) in [5.74, 6) is 0.843. The Labute approximate surface area is 122 Å². The largest absolute Gasteiger partial charge is 0.396 e. The zero-order valence-corrected chi connectivity index (χ0v) is 12.9. The first-order chi connectivity index (χ1) is 9.63. The van der Waals surface area contributed by atoms with E-state index in [9.17, 15) is 9.90 Å². The fourth-order valence-electron chi connectivity index (χ4n) is 3.73. The summed E-state index contributed by atoms with van der Waals surface area (Å²) in [6.45, 7) is 3.20. The molecule has 0 aromatic heterocycles. The number of carbonyl (C=O) groups excluding carboxylic acids is 1. The fourth-order valence-corrected chi connectivity index (χ4v) is 3.73. The average molecular weight is 282 g/mol. The van der Waals surface area contributed by atoms with Crippen LogP contribution in [0.4, 0.5) is 0 Å². The number of rotatable bonds is 6. The van der Waals surface area contributed by atoms with Crippen molar-refractivity contribution in [1.82, 2.24) is 10.2 Å². The van der Waals surface area contributed by atoms with E-state index in [1.165, 1.54) is 32.2 Å². The van der Waals surface area contributed by atoms with E-state index in [-0.39, 0.29) is 17.9 Å². The van der Waals surface area contributed by atoms with Gasteiger partial charge in [0.25, 0.3) is 0 Å². The van der Waals surface area contributed by atoms with E-state index in [2.05, 4.69) is 17.3 Å². The van der Waals surface area contributed by atoms with Gasteiger partial charge < -0.3 is 15.3 Å². The van der Waals surface area contributed by atoms with Gasteiger partial charge in [-0.3, -0.25) is 4.79 Å². The van der Waals surface area contributed by atoms with Gasteiger partial charge in [-0.25, -0.2) is 0 Å². The van der Waals surface area contributed by atoms with Crippen LogP contribution in [0.2, 0.25) is 0 Å². The third-order valence-electron chi connectivity index (χ3n) is 5.16. The number of amides is 1. The Balaban J connectivity index is 1.65. The van der Waals surface area contributed by atoms with Crippen LogP contribution >= 0.6 is 0 Å². The number of aliphatic hydroxyl groups excluding tert-OH is 1. The molecule has 1 unspecified atom stereocenters. The van der Waals surface area contributed by atoms with Gasteiger partial charge in [0.05, 0.1) is 6.61 Å². The van der Waals surface area contributed by atoms with Crippen LogP contribution in [-0.4, -0.2) is 49.2 Å². The molecule has 1 saturated carbocycles. The first-order valence-electron chi connectivity index (χ1n) is 8.20. The van der Waals surface area contributed by atoms with E-state index in [0.29, 0.717) is 18.9 Å². The second-order valence-corrected chi connectivity index (χ2v) is 6.95. The molecule has 2 N–H and O–H groups in total. The summed E-state index contributed by atoms with van der Waals surface area (Å²) in [6.07, 6.45) is 8.64. The van der Waals surface area contributed by atoms with Crippen LogP contribution in [0.1, 0.15) is 51.4 Å². The maximum absolute atomic E-state index is 12.0. The number of nitrogens with zero attached hydrogens (tertiary/aromatic N) is 1. The van der Waals surface area contributed by atoms with Gasteiger partial charge in [0.2, 0.25) is 5.91 Å². The van der Waals surface area contributed by atoms with Crippen LogP contribution in [0, 0.1) is 11.3 Å². The molecule has 1 amide bonds. The van der Waals surface area contributed by atoms with Crippen LogP contribution in [0.3, 0.4) is 0 Å². The quantitative estimate of drug-likeness (QED) is 0.781. The van der Waals surface area contributed by atoms with Crippen molar-refractivity contribution in [1.29, 1.82) is 0 Å². The Morgan fingerprint density at radius 2 is 2.10 bits per heavy atom. The van der Waals surface area contributed by atoms with Gasteiger partial charge >= 0.3 is 0 Å². The fraction of sp³-hybridized carbons (Fsp3) is 0.938. The Hall–Kier alpha value is -0.610. The molecule has 0 radical (unpaired) electrons. The van der Waals surface area contributed by atoms with Crippen LogP contribution < -0.4 is 5.32 Å². The summed E-state index contributed by atoms with van der Waals surface area (Å²) in [4.78, 5) is 14.3. The summed E-state index contributed by atoms with van der Waals surface area (Å²) in [5, 5.41) is 12.6. The third kappa shape index (κ3) is 4.45. The van der Waals surface area contributed by atoms with E-state index in [0.717, 1.165) is 25.8 Å². The highest BCUT2D eigenvalue weighted by atomic mass is 16.3. The monoisotopic (exact) mass is 282 g/mol. The van der Waals surface area contributed by atoms with Gasteiger partial charge in [0, 0.05) is 24.9 Å². The van der Waals surface area contributed by atoms with Crippen molar-refractivity contribution < 1.29 is 9.90 Å². The van der Waals surface area contributed by atoms with Crippen molar-refractivity contribution in [3.05, 3.63) is 0 Å². The minimum atomic E-state index is -0.0271. The molecule has 4 heteroatoms. The SMILES string of the molecule is CN1CCCC(CCC(=O)NCC2(CO)CCCC2)C1. The second-order valence-electron chi connectivity index (χ2n) is 6.95. The highest BCUT2D eigenvalue weighted by Crippen LogP contribution is 2.36. The Bertz CT molecular complexity index is 314. The summed E-state index contributed by atoms with van der Waals surface area (Å²) < 4.78 is 0. The van der Waals surface area contributed by atoms with Crippen LogP contribution in [-0.2, 0) is 4.79 Å². The van der Waals surface area contributed by atoms with Crippen LogP contribution in [0.15, 0.2) is 0 Å². The molecule has 1 aliphatic carbocycles. The molecule has 1 heterocycles. The van der Waals surface area contributed by atoms with Crippen molar-refractivity contribution in [2.75, 3.05) is 33.3 Å². The average Bonchev–Trinajstić information content (AvgIpc) is 2.92. The first kappa shape index (κ1) is 15.8. The standard InChI is InChI=1S/C16H30N2O2/c1-18-10-4-5-14(11-18)6-7-15(20)17-12-16(13-19)8-2-3-9-16/h14,19H,2-13H2,1H3,(H,17,20). The van der Waals surface area contributed by atoms with Gasteiger partial charge in [0.15, 0.2) is 0 Å². The Morgan fingerprint density at radius 1 is 1.35 bits per heavy atom. The number of aliphatic hydroxyl groups is 1. The number of likely N-dealkylation sites (tertiary alicyclic amines) is 1. The number of piperidine rings is 1. The molecule has 4 nitrogen and oxygen atoms in total.